The predicted molar refractivity (Wildman–Crippen MR) is 90.7 cm³/mol. The molecule has 2 rings (SSSR count). The molecule has 0 fully saturated rings. The van der Waals surface area contributed by atoms with Gasteiger partial charge < -0.3 is 10.2 Å². The summed E-state index contributed by atoms with van der Waals surface area (Å²) in [5, 5.41) is 4.74. The molecular formula is C15H20IN3. The Hall–Kier alpha value is -0.880. The highest BCUT2D eigenvalue weighted by molar-refractivity contribution is 14.1. The second kappa shape index (κ2) is 6.52. The molecule has 0 aliphatic heterocycles. The largest absolute Gasteiger partial charge is 0.384 e. The van der Waals surface area contributed by atoms with E-state index in [-0.39, 0.29) is 0 Å². The van der Waals surface area contributed by atoms with Gasteiger partial charge in [-0.25, -0.2) is 0 Å². The number of rotatable bonds is 5. The lowest BCUT2D eigenvalue weighted by molar-refractivity contribution is 0.348. The molecule has 0 saturated carbocycles. The monoisotopic (exact) mass is 369 g/mol. The Kier molecular flexibility index (Phi) is 4.99. The lowest BCUT2D eigenvalue weighted by atomic mass is 10.1. The van der Waals surface area contributed by atoms with Crippen molar-refractivity contribution in [2.24, 2.45) is 5.92 Å². The van der Waals surface area contributed by atoms with Crippen molar-refractivity contribution < 1.29 is 0 Å². The molecule has 0 aliphatic rings. The van der Waals surface area contributed by atoms with Crippen LogP contribution >= 0.6 is 22.6 Å². The number of nitrogens with zero attached hydrogens (tertiary/aromatic N) is 2. The van der Waals surface area contributed by atoms with Gasteiger partial charge in [0.05, 0.1) is 5.52 Å². The van der Waals surface area contributed by atoms with E-state index in [4.69, 9.17) is 0 Å². The van der Waals surface area contributed by atoms with Crippen LogP contribution < -0.4 is 5.32 Å². The molecular weight excluding hydrogens is 349 g/mol. The smallest absolute Gasteiger partial charge is 0.0733 e. The van der Waals surface area contributed by atoms with E-state index in [1.165, 1.54) is 14.6 Å². The number of anilines is 1. The lowest BCUT2D eigenvalue weighted by Crippen LogP contribution is -2.24. The van der Waals surface area contributed by atoms with E-state index in [1.807, 2.05) is 6.20 Å². The van der Waals surface area contributed by atoms with Gasteiger partial charge in [-0.05, 0) is 66.9 Å². The average molecular weight is 369 g/mol. The van der Waals surface area contributed by atoms with Crippen molar-refractivity contribution in [1.82, 2.24) is 9.88 Å². The number of hydrogen-bond acceptors (Lipinski definition) is 3. The van der Waals surface area contributed by atoms with Gasteiger partial charge in [0.1, 0.15) is 0 Å². The SMILES string of the molecule is CC(CNc1ccnc2cc(I)ccc12)CN(C)C. The maximum absolute atomic E-state index is 4.43. The summed E-state index contributed by atoms with van der Waals surface area (Å²) >= 11 is 2.32. The van der Waals surface area contributed by atoms with E-state index >= 15 is 0 Å². The lowest BCUT2D eigenvalue weighted by Gasteiger charge is -2.18. The van der Waals surface area contributed by atoms with Crippen LogP contribution in [0.25, 0.3) is 10.9 Å². The molecule has 3 nitrogen and oxygen atoms in total. The fourth-order valence-corrected chi connectivity index (χ4v) is 2.72. The van der Waals surface area contributed by atoms with Gasteiger partial charge in [-0.15, -0.1) is 0 Å². The third-order valence-electron chi connectivity index (χ3n) is 3.02. The van der Waals surface area contributed by atoms with Crippen LogP contribution in [0.15, 0.2) is 30.5 Å². The van der Waals surface area contributed by atoms with Crippen LogP contribution in [-0.2, 0) is 0 Å². The van der Waals surface area contributed by atoms with Crippen molar-refractivity contribution in [3.63, 3.8) is 0 Å². The standard InChI is InChI=1S/C15H20IN3/c1-11(10-19(2)3)9-18-14-6-7-17-15-8-12(16)4-5-13(14)15/h4-8,11H,9-10H2,1-3H3,(H,17,18). The van der Waals surface area contributed by atoms with Crippen molar-refractivity contribution in [1.29, 1.82) is 0 Å². The minimum atomic E-state index is 0.613. The summed E-state index contributed by atoms with van der Waals surface area (Å²) in [5.41, 5.74) is 2.23. The number of nitrogens with one attached hydrogen (secondary N) is 1. The molecule has 4 heteroatoms. The number of benzene rings is 1. The Bertz CT molecular complexity index is 554. The molecule has 0 amide bonds. The van der Waals surface area contributed by atoms with Crippen LogP contribution in [0, 0.1) is 9.49 Å². The van der Waals surface area contributed by atoms with Crippen molar-refractivity contribution >= 4 is 39.2 Å². The maximum atomic E-state index is 4.43. The zero-order valence-electron chi connectivity index (χ0n) is 11.7. The minimum Gasteiger partial charge on any atom is -0.384 e. The highest BCUT2D eigenvalue weighted by Gasteiger charge is 2.06. The Morgan fingerprint density at radius 3 is 2.84 bits per heavy atom. The summed E-state index contributed by atoms with van der Waals surface area (Å²) in [6.07, 6.45) is 1.87. The van der Waals surface area contributed by atoms with Crippen molar-refractivity contribution in [3.05, 3.63) is 34.0 Å². The van der Waals surface area contributed by atoms with Crippen molar-refractivity contribution in [2.45, 2.75) is 6.92 Å². The van der Waals surface area contributed by atoms with Gasteiger partial charge in [0.25, 0.3) is 0 Å². The highest BCUT2D eigenvalue weighted by atomic mass is 127. The number of halogens is 1. The van der Waals surface area contributed by atoms with Gasteiger partial charge in [0.2, 0.25) is 0 Å². The number of aromatic nitrogens is 1. The molecule has 0 bridgehead atoms. The Morgan fingerprint density at radius 1 is 1.32 bits per heavy atom. The molecule has 0 aliphatic carbocycles. The molecule has 1 N–H and O–H groups in total. The quantitative estimate of drug-likeness (QED) is 0.819. The third-order valence-corrected chi connectivity index (χ3v) is 3.69. The molecule has 1 atom stereocenters. The second-order valence-electron chi connectivity index (χ2n) is 5.27. The van der Waals surface area contributed by atoms with Gasteiger partial charge in [0, 0.05) is 33.9 Å². The molecule has 0 spiro atoms. The summed E-state index contributed by atoms with van der Waals surface area (Å²) in [6.45, 7) is 4.33. The summed E-state index contributed by atoms with van der Waals surface area (Å²) in [5.74, 6) is 0.613. The molecule has 1 aromatic heterocycles. The maximum Gasteiger partial charge on any atom is 0.0733 e. The fourth-order valence-electron chi connectivity index (χ4n) is 2.25. The molecule has 2 aromatic rings. The van der Waals surface area contributed by atoms with E-state index in [9.17, 15) is 0 Å². The van der Waals surface area contributed by atoms with Crippen LogP contribution in [-0.4, -0.2) is 37.1 Å². The van der Waals surface area contributed by atoms with Crippen molar-refractivity contribution in [3.8, 4) is 0 Å². The van der Waals surface area contributed by atoms with E-state index in [2.05, 4.69) is 83.1 Å². The normalized spacial score (nSPS) is 12.9. The van der Waals surface area contributed by atoms with Gasteiger partial charge in [-0.1, -0.05) is 6.92 Å². The van der Waals surface area contributed by atoms with Crippen LogP contribution in [0.4, 0.5) is 5.69 Å². The Labute approximate surface area is 128 Å². The first kappa shape index (κ1) is 14.5. The second-order valence-corrected chi connectivity index (χ2v) is 6.51. The zero-order chi connectivity index (χ0) is 13.8. The van der Waals surface area contributed by atoms with Gasteiger partial charge >= 0.3 is 0 Å². The molecule has 19 heavy (non-hydrogen) atoms. The van der Waals surface area contributed by atoms with Crippen LogP contribution in [0.3, 0.4) is 0 Å². The molecule has 0 radical (unpaired) electrons. The van der Waals surface area contributed by atoms with Gasteiger partial charge in [-0.3, -0.25) is 4.98 Å². The molecule has 1 aromatic carbocycles. The van der Waals surface area contributed by atoms with Crippen molar-refractivity contribution in [2.75, 3.05) is 32.5 Å². The van der Waals surface area contributed by atoms with Crippen LogP contribution in [0.2, 0.25) is 0 Å². The first-order valence-electron chi connectivity index (χ1n) is 6.49. The van der Waals surface area contributed by atoms with Gasteiger partial charge in [-0.2, -0.15) is 0 Å². The number of hydrogen-bond donors (Lipinski definition) is 1. The first-order valence-corrected chi connectivity index (χ1v) is 7.57. The van der Waals surface area contributed by atoms with E-state index < -0.39 is 0 Å². The molecule has 102 valence electrons. The van der Waals surface area contributed by atoms with E-state index in [0.29, 0.717) is 5.92 Å². The van der Waals surface area contributed by atoms with Gasteiger partial charge in [0.15, 0.2) is 0 Å². The summed E-state index contributed by atoms with van der Waals surface area (Å²) < 4.78 is 1.22. The first-order chi connectivity index (χ1) is 9.06. The summed E-state index contributed by atoms with van der Waals surface area (Å²) in [7, 11) is 4.22. The van der Waals surface area contributed by atoms with Crippen LogP contribution in [0.5, 0.6) is 0 Å². The molecule has 1 unspecified atom stereocenters. The Morgan fingerprint density at radius 2 is 2.11 bits per heavy atom. The minimum absolute atomic E-state index is 0.613. The number of fused-ring (bicyclic) bond motifs is 1. The third kappa shape index (κ3) is 4.04. The van der Waals surface area contributed by atoms with Crippen LogP contribution in [0.1, 0.15) is 6.92 Å². The predicted octanol–water partition coefficient (Wildman–Crippen LogP) is 3.45. The van der Waals surface area contributed by atoms with E-state index in [1.54, 1.807) is 0 Å². The average Bonchev–Trinajstić information content (AvgIpc) is 2.35. The zero-order valence-corrected chi connectivity index (χ0v) is 13.8. The molecule has 0 saturated heterocycles. The summed E-state index contributed by atoms with van der Waals surface area (Å²) in [4.78, 5) is 6.65. The summed E-state index contributed by atoms with van der Waals surface area (Å²) in [6, 6.07) is 8.43. The topological polar surface area (TPSA) is 28.2 Å². The Balaban J connectivity index is 2.12. The highest BCUT2D eigenvalue weighted by Crippen LogP contribution is 2.23. The molecule has 1 heterocycles. The van der Waals surface area contributed by atoms with E-state index in [0.717, 1.165) is 18.6 Å². The fraction of sp³-hybridized carbons (Fsp3) is 0.400. The number of pyridine rings is 1.